The number of thiazole rings is 1. The van der Waals surface area contributed by atoms with Gasteiger partial charge in [0, 0.05) is 26.8 Å². The Morgan fingerprint density at radius 1 is 1.39 bits per heavy atom. The predicted octanol–water partition coefficient (Wildman–Crippen LogP) is 1.38. The molecule has 0 radical (unpaired) electrons. The molecule has 0 aliphatic carbocycles. The molecule has 9 heteroatoms. The summed E-state index contributed by atoms with van der Waals surface area (Å²) in [5, 5.41) is 7.10. The van der Waals surface area contributed by atoms with Gasteiger partial charge in [-0.25, -0.2) is 9.78 Å². The highest BCUT2D eigenvalue weighted by atomic mass is 32.1. The van der Waals surface area contributed by atoms with Crippen molar-refractivity contribution in [3.8, 4) is 0 Å². The van der Waals surface area contributed by atoms with Gasteiger partial charge in [0.15, 0.2) is 5.13 Å². The smallest absolute Gasteiger partial charge is 0.350 e. The zero-order valence-electron chi connectivity index (χ0n) is 13.2. The molecule has 0 bridgehead atoms. The van der Waals surface area contributed by atoms with Crippen LogP contribution in [0.4, 0.5) is 5.13 Å². The Hall–Kier alpha value is -2.26. The van der Waals surface area contributed by atoms with E-state index in [2.05, 4.69) is 15.4 Å². The third kappa shape index (κ3) is 4.60. The second-order valence-corrected chi connectivity index (χ2v) is 5.79. The molecule has 124 valence electrons. The van der Waals surface area contributed by atoms with Crippen LogP contribution in [0.25, 0.3) is 0 Å². The molecule has 8 nitrogen and oxygen atoms in total. The van der Waals surface area contributed by atoms with Crippen LogP contribution in [0.2, 0.25) is 0 Å². The average Bonchev–Trinajstić information content (AvgIpc) is 3.11. The van der Waals surface area contributed by atoms with E-state index in [-0.39, 0.29) is 12.5 Å². The van der Waals surface area contributed by atoms with E-state index in [0.29, 0.717) is 28.5 Å². The number of methoxy groups -OCH3 is 2. The predicted molar refractivity (Wildman–Crippen MR) is 84.3 cm³/mol. The molecule has 0 unspecified atom stereocenters. The van der Waals surface area contributed by atoms with Crippen molar-refractivity contribution in [2.75, 3.05) is 19.5 Å². The molecule has 0 fully saturated rings. The van der Waals surface area contributed by atoms with Crippen molar-refractivity contribution < 1.29 is 19.1 Å². The van der Waals surface area contributed by atoms with Crippen molar-refractivity contribution in [3.63, 3.8) is 0 Å². The average molecular weight is 338 g/mol. The monoisotopic (exact) mass is 338 g/mol. The van der Waals surface area contributed by atoms with Crippen molar-refractivity contribution in [1.29, 1.82) is 0 Å². The molecule has 0 aromatic carbocycles. The van der Waals surface area contributed by atoms with Gasteiger partial charge in [0.25, 0.3) is 0 Å². The van der Waals surface area contributed by atoms with E-state index >= 15 is 0 Å². The molecular formula is C14H18N4O4S. The molecule has 0 aliphatic rings. The number of ether oxygens (including phenoxy) is 2. The molecule has 2 aromatic heterocycles. The third-order valence-electron chi connectivity index (χ3n) is 2.99. The van der Waals surface area contributed by atoms with Gasteiger partial charge in [0.05, 0.1) is 25.6 Å². The SMILES string of the molecule is COCc1nc(NC(=O)CCc2cnn(C)c2)sc1C(=O)OC. The van der Waals surface area contributed by atoms with Crippen LogP contribution in [0, 0.1) is 0 Å². The van der Waals surface area contributed by atoms with Crippen LogP contribution in [0.3, 0.4) is 0 Å². The highest BCUT2D eigenvalue weighted by molar-refractivity contribution is 7.17. The third-order valence-corrected chi connectivity index (χ3v) is 3.99. The van der Waals surface area contributed by atoms with E-state index in [1.54, 1.807) is 10.9 Å². The number of amides is 1. The first-order chi connectivity index (χ1) is 11.0. The number of carbonyl (C=O) groups is 2. The number of esters is 1. The maximum absolute atomic E-state index is 12.0. The van der Waals surface area contributed by atoms with Crippen molar-refractivity contribution in [2.45, 2.75) is 19.4 Å². The summed E-state index contributed by atoms with van der Waals surface area (Å²) in [6.07, 6.45) is 4.48. The highest BCUT2D eigenvalue weighted by Crippen LogP contribution is 2.24. The molecule has 0 aliphatic heterocycles. The van der Waals surface area contributed by atoms with Crippen molar-refractivity contribution in [1.82, 2.24) is 14.8 Å². The first kappa shape index (κ1) is 17.1. The van der Waals surface area contributed by atoms with Gasteiger partial charge < -0.3 is 14.8 Å². The number of nitrogens with zero attached hydrogens (tertiary/aromatic N) is 3. The molecule has 2 heterocycles. The lowest BCUT2D eigenvalue weighted by atomic mass is 10.2. The number of rotatable bonds is 7. The van der Waals surface area contributed by atoms with Gasteiger partial charge >= 0.3 is 5.97 Å². The summed E-state index contributed by atoms with van der Waals surface area (Å²) >= 11 is 1.07. The van der Waals surface area contributed by atoms with Crippen LogP contribution in [0.15, 0.2) is 12.4 Å². The zero-order valence-corrected chi connectivity index (χ0v) is 14.0. The van der Waals surface area contributed by atoms with E-state index in [4.69, 9.17) is 9.47 Å². The number of carbonyl (C=O) groups excluding carboxylic acids is 2. The number of aromatic nitrogens is 3. The molecule has 1 N–H and O–H groups in total. The van der Waals surface area contributed by atoms with Gasteiger partial charge in [0.2, 0.25) is 5.91 Å². The van der Waals surface area contributed by atoms with E-state index < -0.39 is 5.97 Å². The molecule has 2 rings (SSSR count). The topological polar surface area (TPSA) is 95.3 Å². The fourth-order valence-electron chi connectivity index (χ4n) is 1.93. The van der Waals surface area contributed by atoms with Crippen LogP contribution < -0.4 is 5.32 Å². The van der Waals surface area contributed by atoms with Crippen LogP contribution in [0.1, 0.15) is 27.3 Å². The number of aryl methyl sites for hydroxylation is 2. The molecule has 0 saturated heterocycles. The Labute approximate surface area is 137 Å². The Kier molecular flexibility index (Phi) is 5.83. The quantitative estimate of drug-likeness (QED) is 0.766. The minimum Gasteiger partial charge on any atom is -0.465 e. The van der Waals surface area contributed by atoms with Crippen LogP contribution in [0.5, 0.6) is 0 Å². The summed E-state index contributed by atoms with van der Waals surface area (Å²) in [5.74, 6) is -0.673. The number of hydrogen-bond donors (Lipinski definition) is 1. The minimum atomic E-state index is -0.495. The lowest BCUT2D eigenvalue weighted by Crippen LogP contribution is -2.12. The number of hydrogen-bond acceptors (Lipinski definition) is 7. The Morgan fingerprint density at radius 2 is 2.17 bits per heavy atom. The second kappa shape index (κ2) is 7.84. The Morgan fingerprint density at radius 3 is 2.78 bits per heavy atom. The number of anilines is 1. The van der Waals surface area contributed by atoms with Gasteiger partial charge in [-0.15, -0.1) is 0 Å². The van der Waals surface area contributed by atoms with Crippen LogP contribution >= 0.6 is 11.3 Å². The van der Waals surface area contributed by atoms with Crippen LogP contribution in [-0.4, -0.2) is 40.9 Å². The van der Waals surface area contributed by atoms with Crippen molar-refractivity contribution in [2.24, 2.45) is 7.05 Å². The molecule has 1 amide bonds. The normalized spacial score (nSPS) is 10.6. The molecule has 0 saturated carbocycles. The molecule has 0 atom stereocenters. The lowest BCUT2D eigenvalue weighted by molar-refractivity contribution is -0.116. The summed E-state index contributed by atoms with van der Waals surface area (Å²) in [6, 6.07) is 0. The second-order valence-electron chi connectivity index (χ2n) is 4.79. The minimum absolute atomic E-state index is 0.173. The summed E-state index contributed by atoms with van der Waals surface area (Å²) < 4.78 is 11.4. The first-order valence-electron chi connectivity index (χ1n) is 6.87. The van der Waals surface area contributed by atoms with Gasteiger partial charge in [-0.3, -0.25) is 9.48 Å². The summed E-state index contributed by atoms with van der Waals surface area (Å²) in [4.78, 5) is 28.2. The molecule has 23 heavy (non-hydrogen) atoms. The first-order valence-corrected chi connectivity index (χ1v) is 7.69. The molecular weight excluding hydrogens is 320 g/mol. The van der Waals surface area contributed by atoms with E-state index in [9.17, 15) is 9.59 Å². The maximum Gasteiger partial charge on any atom is 0.350 e. The lowest BCUT2D eigenvalue weighted by Gasteiger charge is -2.00. The zero-order chi connectivity index (χ0) is 16.8. The maximum atomic E-state index is 12.0. The summed E-state index contributed by atoms with van der Waals surface area (Å²) in [7, 11) is 4.63. The van der Waals surface area contributed by atoms with E-state index in [1.165, 1.54) is 14.2 Å². The van der Waals surface area contributed by atoms with E-state index in [1.807, 2.05) is 13.2 Å². The van der Waals surface area contributed by atoms with Crippen molar-refractivity contribution in [3.05, 3.63) is 28.5 Å². The fourth-order valence-corrected chi connectivity index (χ4v) is 2.84. The largest absolute Gasteiger partial charge is 0.465 e. The standard InChI is InChI=1S/C14H18N4O4S/c1-18-7-9(6-15-18)4-5-11(19)17-14-16-10(8-21-2)12(23-14)13(20)22-3/h6-7H,4-5,8H2,1-3H3,(H,16,17,19). The Balaban J connectivity index is 1.98. The number of nitrogens with one attached hydrogen (secondary N) is 1. The van der Waals surface area contributed by atoms with Crippen molar-refractivity contribution >= 4 is 28.3 Å². The highest BCUT2D eigenvalue weighted by Gasteiger charge is 2.19. The fraction of sp³-hybridized carbons (Fsp3) is 0.429. The molecule has 2 aromatic rings. The van der Waals surface area contributed by atoms with Gasteiger partial charge in [-0.05, 0) is 12.0 Å². The summed E-state index contributed by atoms with van der Waals surface area (Å²) in [6.45, 7) is 0.173. The summed E-state index contributed by atoms with van der Waals surface area (Å²) in [5.41, 5.74) is 1.43. The van der Waals surface area contributed by atoms with Gasteiger partial charge in [0.1, 0.15) is 4.88 Å². The molecule has 0 spiro atoms. The van der Waals surface area contributed by atoms with Gasteiger partial charge in [-0.2, -0.15) is 5.10 Å². The van der Waals surface area contributed by atoms with Crippen LogP contribution in [-0.2, 0) is 34.3 Å². The van der Waals surface area contributed by atoms with Gasteiger partial charge in [-0.1, -0.05) is 11.3 Å². The van der Waals surface area contributed by atoms with E-state index in [0.717, 1.165) is 16.9 Å². The Bertz CT molecular complexity index is 695.